The number of rotatable bonds is 2. The molecule has 5 heteroatoms. The van der Waals surface area contributed by atoms with Gasteiger partial charge in [-0.1, -0.05) is 30.3 Å². The van der Waals surface area contributed by atoms with Crippen molar-refractivity contribution in [3.63, 3.8) is 0 Å². The lowest BCUT2D eigenvalue weighted by molar-refractivity contribution is -0.154. The van der Waals surface area contributed by atoms with Crippen molar-refractivity contribution in [1.29, 1.82) is 0 Å². The van der Waals surface area contributed by atoms with Crippen LogP contribution in [0.3, 0.4) is 0 Å². The zero-order valence-electron chi connectivity index (χ0n) is 8.41. The van der Waals surface area contributed by atoms with E-state index in [1.165, 1.54) is 0 Å². The van der Waals surface area contributed by atoms with Crippen LogP contribution in [-0.2, 0) is 0 Å². The number of hydrogen-bond donors (Lipinski definition) is 2. The van der Waals surface area contributed by atoms with Crippen molar-refractivity contribution in [3.05, 3.63) is 35.9 Å². The summed E-state index contributed by atoms with van der Waals surface area (Å²) in [5.74, 6) is -2.48. The van der Waals surface area contributed by atoms with Gasteiger partial charge in [0.05, 0.1) is 18.1 Å². The topological polar surface area (TPSA) is 46.2 Å². The highest BCUT2D eigenvalue weighted by Gasteiger charge is 2.73. The Morgan fingerprint density at radius 3 is 2.19 bits per heavy atom. The summed E-state index contributed by atoms with van der Waals surface area (Å²) in [5, 5.41) is 9.01. The molecule has 0 saturated heterocycles. The minimum absolute atomic E-state index is 0.529. The van der Waals surface area contributed by atoms with Crippen LogP contribution in [0.1, 0.15) is 11.5 Å². The zero-order chi connectivity index (χ0) is 12.0. The molecule has 88 valence electrons. The van der Waals surface area contributed by atoms with Crippen molar-refractivity contribution >= 4 is 0 Å². The van der Waals surface area contributed by atoms with Gasteiger partial charge in [-0.15, -0.1) is 0 Å². The Morgan fingerprint density at radius 1 is 1.25 bits per heavy atom. The van der Waals surface area contributed by atoms with Gasteiger partial charge in [-0.25, -0.2) is 0 Å². The summed E-state index contributed by atoms with van der Waals surface area (Å²) in [7, 11) is 0. The van der Waals surface area contributed by atoms with Crippen LogP contribution in [-0.4, -0.2) is 23.4 Å². The molecule has 3 atom stereocenters. The second kappa shape index (κ2) is 3.46. The average Bonchev–Trinajstić information content (AvgIpc) is 2.87. The first-order valence-corrected chi connectivity index (χ1v) is 4.92. The smallest absolute Gasteiger partial charge is 0.394 e. The highest BCUT2D eigenvalue weighted by Crippen LogP contribution is 2.62. The monoisotopic (exact) mass is 231 g/mol. The molecule has 16 heavy (non-hydrogen) atoms. The van der Waals surface area contributed by atoms with Gasteiger partial charge in [0.2, 0.25) is 0 Å². The van der Waals surface area contributed by atoms with Crippen LogP contribution in [0.5, 0.6) is 0 Å². The third-order valence-corrected chi connectivity index (χ3v) is 3.17. The molecule has 0 unspecified atom stereocenters. The van der Waals surface area contributed by atoms with Gasteiger partial charge in [0.25, 0.3) is 0 Å². The van der Waals surface area contributed by atoms with E-state index in [9.17, 15) is 13.2 Å². The van der Waals surface area contributed by atoms with Crippen molar-refractivity contribution in [3.8, 4) is 0 Å². The Kier molecular flexibility index (Phi) is 2.47. The van der Waals surface area contributed by atoms with Crippen molar-refractivity contribution in [2.45, 2.75) is 17.6 Å². The first-order valence-electron chi connectivity index (χ1n) is 4.92. The Balaban J connectivity index is 2.31. The van der Waals surface area contributed by atoms with E-state index in [-0.39, 0.29) is 0 Å². The predicted octanol–water partition coefficient (Wildman–Crippen LogP) is 1.65. The van der Waals surface area contributed by atoms with E-state index in [0.29, 0.717) is 5.56 Å². The molecule has 1 aliphatic carbocycles. The third-order valence-electron chi connectivity index (χ3n) is 3.17. The van der Waals surface area contributed by atoms with Gasteiger partial charge in [0, 0.05) is 5.92 Å². The van der Waals surface area contributed by atoms with Gasteiger partial charge in [-0.2, -0.15) is 13.2 Å². The van der Waals surface area contributed by atoms with Crippen LogP contribution in [0.2, 0.25) is 0 Å². The van der Waals surface area contributed by atoms with Crippen molar-refractivity contribution < 1.29 is 18.3 Å². The molecule has 3 N–H and O–H groups in total. The Bertz CT molecular complexity index is 379. The summed E-state index contributed by atoms with van der Waals surface area (Å²) in [5.41, 5.74) is 4.56. The minimum atomic E-state index is -4.36. The summed E-state index contributed by atoms with van der Waals surface area (Å²) in [6.07, 6.45) is -4.36. The van der Waals surface area contributed by atoms with Gasteiger partial charge < -0.3 is 10.8 Å². The number of nitrogens with two attached hydrogens (primary N) is 1. The molecule has 0 bridgehead atoms. The molecule has 0 heterocycles. The van der Waals surface area contributed by atoms with Gasteiger partial charge >= 0.3 is 6.18 Å². The fourth-order valence-corrected chi connectivity index (χ4v) is 2.31. The van der Waals surface area contributed by atoms with Gasteiger partial charge in [0.1, 0.15) is 0 Å². The number of halogens is 3. The molecular formula is C11H12F3NO. The second-order valence-electron chi connectivity index (χ2n) is 4.18. The average molecular weight is 231 g/mol. The SMILES string of the molecule is N[C@]1(CO)[C@H](c2ccccc2)[C@H]1C(F)(F)F. The molecule has 0 aromatic heterocycles. The molecule has 1 aromatic carbocycles. The number of benzene rings is 1. The van der Waals surface area contributed by atoms with Gasteiger partial charge in [-0.3, -0.25) is 0 Å². The molecule has 2 nitrogen and oxygen atoms in total. The minimum Gasteiger partial charge on any atom is -0.394 e. The lowest BCUT2D eigenvalue weighted by Crippen LogP contribution is -2.34. The lowest BCUT2D eigenvalue weighted by atomic mass is 10.1. The van der Waals surface area contributed by atoms with E-state index >= 15 is 0 Å². The standard InChI is InChI=1S/C11H12F3NO/c12-11(13,14)9-8(10(9,15)6-16)7-4-2-1-3-5-7/h1-5,8-9,16H,6,15H2/t8-,9-,10-/m1/s1. The summed E-state index contributed by atoms with van der Waals surface area (Å²) in [4.78, 5) is 0. The highest BCUT2D eigenvalue weighted by molar-refractivity contribution is 5.37. The molecule has 0 radical (unpaired) electrons. The maximum Gasteiger partial charge on any atom is 0.394 e. The number of alkyl halides is 3. The molecule has 0 amide bonds. The quantitative estimate of drug-likeness (QED) is 0.813. The Hall–Kier alpha value is -1.07. The van der Waals surface area contributed by atoms with Crippen molar-refractivity contribution in [2.24, 2.45) is 11.7 Å². The fraction of sp³-hybridized carbons (Fsp3) is 0.455. The van der Waals surface area contributed by atoms with E-state index in [1.54, 1.807) is 30.3 Å². The number of hydrogen-bond acceptors (Lipinski definition) is 2. The molecule has 1 aromatic rings. The van der Waals surface area contributed by atoms with Gasteiger partial charge in [0.15, 0.2) is 0 Å². The number of aliphatic hydroxyl groups is 1. The normalized spacial score (nSPS) is 33.8. The van der Waals surface area contributed by atoms with Crippen LogP contribution < -0.4 is 5.73 Å². The molecule has 1 aliphatic rings. The second-order valence-corrected chi connectivity index (χ2v) is 4.18. The van der Waals surface area contributed by atoms with Gasteiger partial charge in [-0.05, 0) is 5.56 Å². The van der Waals surface area contributed by atoms with Crippen LogP contribution >= 0.6 is 0 Å². The summed E-state index contributed by atoms with van der Waals surface area (Å²) < 4.78 is 38.0. The first kappa shape index (κ1) is 11.4. The Labute approximate surface area is 90.9 Å². The van der Waals surface area contributed by atoms with Crippen molar-refractivity contribution in [2.75, 3.05) is 6.61 Å². The van der Waals surface area contributed by atoms with Crippen LogP contribution in [0, 0.1) is 5.92 Å². The van der Waals surface area contributed by atoms with E-state index in [0.717, 1.165) is 0 Å². The third kappa shape index (κ3) is 1.60. The lowest BCUT2D eigenvalue weighted by Gasteiger charge is -2.09. The highest BCUT2D eigenvalue weighted by atomic mass is 19.4. The number of aliphatic hydroxyl groups excluding tert-OH is 1. The molecule has 0 spiro atoms. The Morgan fingerprint density at radius 2 is 1.81 bits per heavy atom. The largest absolute Gasteiger partial charge is 0.394 e. The van der Waals surface area contributed by atoms with E-state index in [2.05, 4.69) is 0 Å². The van der Waals surface area contributed by atoms with E-state index in [1.807, 2.05) is 0 Å². The maximum absolute atomic E-state index is 12.7. The maximum atomic E-state index is 12.7. The predicted molar refractivity (Wildman–Crippen MR) is 52.7 cm³/mol. The summed E-state index contributed by atoms with van der Waals surface area (Å²) in [6, 6.07) is 8.27. The van der Waals surface area contributed by atoms with E-state index in [4.69, 9.17) is 10.8 Å². The molecule has 0 aliphatic heterocycles. The molecule has 2 rings (SSSR count). The van der Waals surface area contributed by atoms with Crippen molar-refractivity contribution in [1.82, 2.24) is 0 Å². The van der Waals surface area contributed by atoms with Crippen LogP contribution in [0.15, 0.2) is 30.3 Å². The molecular weight excluding hydrogens is 219 g/mol. The fourth-order valence-electron chi connectivity index (χ4n) is 2.31. The molecule has 1 fully saturated rings. The summed E-state index contributed by atoms with van der Waals surface area (Å²) in [6.45, 7) is -0.656. The van der Waals surface area contributed by atoms with E-state index < -0.39 is 30.2 Å². The molecule has 1 saturated carbocycles. The first-order chi connectivity index (χ1) is 7.41. The van der Waals surface area contributed by atoms with Crippen LogP contribution in [0.25, 0.3) is 0 Å². The summed E-state index contributed by atoms with van der Waals surface area (Å²) >= 11 is 0. The van der Waals surface area contributed by atoms with Crippen LogP contribution in [0.4, 0.5) is 13.2 Å². The zero-order valence-corrected chi connectivity index (χ0v) is 8.41.